The first-order valence-electron chi connectivity index (χ1n) is 6.86. The van der Waals surface area contributed by atoms with E-state index in [1.165, 1.54) is 10.3 Å². The molecular formula is C16H17N3OS. The molecule has 1 N–H and O–H groups in total. The lowest BCUT2D eigenvalue weighted by Gasteiger charge is -2.04. The molecule has 0 atom stereocenters. The van der Waals surface area contributed by atoms with Crippen molar-refractivity contribution in [3.05, 3.63) is 48.3 Å². The monoisotopic (exact) mass is 299 g/mol. The van der Waals surface area contributed by atoms with Crippen molar-refractivity contribution >= 4 is 21.6 Å². The minimum Gasteiger partial charge on any atom is -0.383 e. The summed E-state index contributed by atoms with van der Waals surface area (Å²) in [7, 11) is 1.71. The molecule has 0 unspecified atom stereocenters. The van der Waals surface area contributed by atoms with Gasteiger partial charge in [0.05, 0.1) is 27.4 Å². The van der Waals surface area contributed by atoms with Crippen LogP contribution in [0.4, 0.5) is 0 Å². The highest BCUT2D eigenvalue weighted by Gasteiger charge is 2.06. The lowest BCUT2D eigenvalue weighted by molar-refractivity contribution is 0.199. The quantitative estimate of drug-likeness (QED) is 0.711. The molecule has 0 aliphatic rings. The summed E-state index contributed by atoms with van der Waals surface area (Å²) in [6.45, 7) is 2.38. The van der Waals surface area contributed by atoms with Crippen LogP contribution < -0.4 is 5.32 Å². The second kappa shape index (κ2) is 6.76. The Morgan fingerprint density at radius 3 is 2.95 bits per heavy atom. The van der Waals surface area contributed by atoms with Crippen LogP contribution in [0.25, 0.3) is 20.8 Å². The van der Waals surface area contributed by atoms with Crippen LogP contribution in [-0.2, 0) is 11.3 Å². The molecule has 0 saturated heterocycles. The van der Waals surface area contributed by atoms with Gasteiger partial charge in [-0.3, -0.25) is 9.97 Å². The first kappa shape index (κ1) is 14.1. The first-order chi connectivity index (χ1) is 10.4. The van der Waals surface area contributed by atoms with E-state index in [0.717, 1.165) is 35.8 Å². The Morgan fingerprint density at radius 2 is 2.19 bits per heavy atom. The van der Waals surface area contributed by atoms with E-state index < -0.39 is 0 Å². The number of fused-ring (bicyclic) bond motifs is 1. The number of ether oxygens (including phenoxy) is 1. The number of hydrogen-bond donors (Lipinski definition) is 1. The number of nitrogens with one attached hydrogen (secondary N) is 1. The molecule has 0 radical (unpaired) electrons. The molecule has 0 amide bonds. The Hall–Kier alpha value is -1.82. The molecular weight excluding hydrogens is 282 g/mol. The molecule has 0 aliphatic carbocycles. The number of rotatable bonds is 6. The maximum absolute atomic E-state index is 5.00. The molecule has 4 nitrogen and oxygen atoms in total. The van der Waals surface area contributed by atoms with Crippen LogP contribution in [0.1, 0.15) is 5.56 Å². The zero-order chi connectivity index (χ0) is 14.5. The standard InChI is InChI=1S/C16H17N3OS/c1-20-8-7-17-10-12-4-5-13(19-11-12)16-9-14-15(21-16)3-2-6-18-14/h2-6,9,11,17H,7-8,10H2,1H3. The van der Waals surface area contributed by atoms with Crippen LogP contribution in [0.2, 0.25) is 0 Å². The lowest BCUT2D eigenvalue weighted by atomic mass is 10.2. The predicted molar refractivity (Wildman–Crippen MR) is 86.4 cm³/mol. The Labute approximate surface area is 127 Å². The first-order valence-corrected chi connectivity index (χ1v) is 7.68. The lowest BCUT2D eigenvalue weighted by Crippen LogP contribution is -2.18. The van der Waals surface area contributed by atoms with Gasteiger partial charge in [0.15, 0.2) is 0 Å². The van der Waals surface area contributed by atoms with Gasteiger partial charge in [0, 0.05) is 32.6 Å². The highest BCUT2D eigenvalue weighted by atomic mass is 32.1. The van der Waals surface area contributed by atoms with Gasteiger partial charge in [0.2, 0.25) is 0 Å². The Kier molecular flexibility index (Phi) is 4.55. The van der Waals surface area contributed by atoms with Crippen molar-refractivity contribution in [2.45, 2.75) is 6.54 Å². The number of thiophene rings is 1. The molecule has 3 rings (SSSR count). The highest BCUT2D eigenvalue weighted by molar-refractivity contribution is 7.22. The third-order valence-corrected chi connectivity index (χ3v) is 4.29. The Morgan fingerprint density at radius 1 is 1.24 bits per heavy atom. The van der Waals surface area contributed by atoms with E-state index in [0.29, 0.717) is 0 Å². The van der Waals surface area contributed by atoms with Gasteiger partial charge in [-0.2, -0.15) is 0 Å². The van der Waals surface area contributed by atoms with Gasteiger partial charge in [-0.05, 0) is 29.8 Å². The number of methoxy groups -OCH3 is 1. The van der Waals surface area contributed by atoms with Crippen molar-refractivity contribution in [3.63, 3.8) is 0 Å². The molecule has 0 aliphatic heterocycles. The topological polar surface area (TPSA) is 47.0 Å². The third-order valence-electron chi connectivity index (χ3n) is 3.18. The van der Waals surface area contributed by atoms with Crippen LogP contribution in [0, 0.1) is 0 Å². The normalized spacial score (nSPS) is 11.1. The molecule has 0 fully saturated rings. The maximum atomic E-state index is 5.00. The summed E-state index contributed by atoms with van der Waals surface area (Å²) < 4.78 is 6.20. The van der Waals surface area contributed by atoms with Gasteiger partial charge in [-0.15, -0.1) is 11.3 Å². The van der Waals surface area contributed by atoms with Gasteiger partial charge in [0.1, 0.15) is 0 Å². The fourth-order valence-corrected chi connectivity index (χ4v) is 3.07. The molecule has 3 heterocycles. The van der Waals surface area contributed by atoms with E-state index in [1.54, 1.807) is 18.4 Å². The summed E-state index contributed by atoms with van der Waals surface area (Å²) in [6, 6.07) is 10.3. The fourth-order valence-electron chi connectivity index (χ4n) is 2.08. The summed E-state index contributed by atoms with van der Waals surface area (Å²) in [5.41, 5.74) is 3.21. The summed E-state index contributed by atoms with van der Waals surface area (Å²) in [5.74, 6) is 0. The summed E-state index contributed by atoms with van der Waals surface area (Å²) in [4.78, 5) is 10.1. The van der Waals surface area contributed by atoms with Crippen LogP contribution in [-0.4, -0.2) is 30.2 Å². The summed E-state index contributed by atoms with van der Waals surface area (Å²) in [5, 5.41) is 3.31. The summed E-state index contributed by atoms with van der Waals surface area (Å²) >= 11 is 1.72. The van der Waals surface area contributed by atoms with Gasteiger partial charge >= 0.3 is 0 Å². The van der Waals surface area contributed by atoms with Crippen molar-refractivity contribution in [1.29, 1.82) is 0 Å². The van der Waals surface area contributed by atoms with Gasteiger partial charge in [-0.25, -0.2) is 0 Å². The highest BCUT2D eigenvalue weighted by Crippen LogP contribution is 2.31. The smallest absolute Gasteiger partial charge is 0.0816 e. The van der Waals surface area contributed by atoms with Crippen LogP contribution in [0.15, 0.2) is 42.7 Å². The average Bonchev–Trinajstić information content (AvgIpc) is 2.96. The molecule has 0 bridgehead atoms. The molecule has 0 spiro atoms. The largest absolute Gasteiger partial charge is 0.383 e. The second-order valence-electron chi connectivity index (χ2n) is 4.72. The van der Waals surface area contributed by atoms with E-state index in [4.69, 9.17) is 4.74 Å². The van der Waals surface area contributed by atoms with Crippen molar-refractivity contribution in [1.82, 2.24) is 15.3 Å². The van der Waals surface area contributed by atoms with Crippen LogP contribution >= 0.6 is 11.3 Å². The van der Waals surface area contributed by atoms with Crippen molar-refractivity contribution in [2.24, 2.45) is 0 Å². The molecule has 3 aromatic heterocycles. The Bertz CT molecular complexity index is 676. The molecule has 5 heteroatoms. The number of aromatic nitrogens is 2. The van der Waals surface area contributed by atoms with E-state index in [1.807, 2.05) is 18.5 Å². The molecule has 21 heavy (non-hydrogen) atoms. The number of hydrogen-bond acceptors (Lipinski definition) is 5. The molecule has 108 valence electrons. The van der Waals surface area contributed by atoms with E-state index in [2.05, 4.69) is 39.6 Å². The summed E-state index contributed by atoms with van der Waals surface area (Å²) in [6.07, 6.45) is 3.74. The average molecular weight is 299 g/mol. The number of pyridine rings is 2. The van der Waals surface area contributed by atoms with Gasteiger partial charge in [-0.1, -0.05) is 6.07 Å². The fraction of sp³-hybridized carbons (Fsp3) is 0.250. The molecule has 0 aromatic carbocycles. The number of nitrogens with zero attached hydrogens (tertiary/aromatic N) is 2. The Balaban J connectivity index is 1.71. The predicted octanol–water partition coefficient (Wildman–Crippen LogP) is 3.09. The molecule has 0 saturated carbocycles. The maximum Gasteiger partial charge on any atom is 0.0816 e. The van der Waals surface area contributed by atoms with Crippen molar-refractivity contribution < 1.29 is 4.74 Å². The van der Waals surface area contributed by atoms with Gasteiger partial charge in [0.25, 0.3) is 0 Å². The van der Waals surface area contributed by atoms with E-state index in [-0.39, 0.29) is 0 Å². The van der Waals surface area contributed by atoms with Crippen molar-refractivity contribution in [3.8, 4) is 10.6 Å². The minimum absolute atomic E-state index is 0.723. The minimum atomic E-state index is 0.723. The zero-order valence-electron chi connectivity index (χ0n) is 11.9. The third kappa shape index (κ3) is 3.44. The second-order valence-corrected chi connectivity index (χ2v) is 5.80. The SMILES string of the molecule is COCCNCc1ccc(-c2cc3ncccc3s2)nc1. The van der Waals surface area contributed by atoms with E-state index in [9.17, 15) is 0 Å². The van der Waals surface area contributed by atoms with Crippen LogP contribution in [0.5, 0.6) is 0 Å². The molecule has 3 aromatic rings. The van der Waals surface area contributed by atoms with Gasteiger partial charge < -0.3 is 10.1 Å². The van der Waals surface area contributed by atoms with Crippen LogP contribution in [0.3, 0.4) is 0 Å². The van der Waals surface area contributed by atoms with Crippen molar-refractivity contribution in [2.75, 3.05) is 20.3 Å². The van der Waals surface area contributed by atoms with E-state index >= 15 is 0 Å². The zero-order valence-corrected chi connectivity index (χ0v) is 12.7.